The molecule has 0 saturated heterocycles. The van der Waals surface area contributed by atoms with E-state index in [4.69, 9.17) is 4.99 Å². The van der Waals surface area contributed by atoms with Gasteiger partial charge in [-0.3, -0.25) is 0 Å². The van der Waals surface area contributed by atoms with Crippen LogP contribution in [-0.4, -0.2) is 39.2 Å². The molecule has 0 amide bonds. The van der Waals surface area contributed by atoms with Crippen molar-refractivity contribution in [1.82, 2.24) is 25.0 Å². The summed E-state index contributed by atoms with van der Waals surface area (Å²) in [6, 6.07) is 4.21. The highest BCUT2D eigenvalue weighted by atomic mass is 32.1. The lowest BCUT2D eigenvalue weighted by molar-refractivity contribution is 0.453. The van der Waals surface area contributed by atoms with E-state index in [-0.39, 0.29) is 0 Å². The van der Waals surface area contributed by atoms with Gasteiger partial charge in [0.05, 0.1) is 6.54 Å². The van der Waals surface area contributed by atoms with Crippen molar-refractivity contribution in [3.8, 4) is 0 Å². The molecule has 0 aliphatic heterocycles. The lowest BCUT2D eigenvalue weighted by Gasteiger charge is -2.22. The summed E-state index contributed by atoms with van der Waals surface area (Å²) in [6.07, 6.45) is 6.63. The Kier molecular flexibility index (Phi) is 8.34. The van der Waals surface area contributed by atoms with Crippen LogP contribution in [0.1, 0.15) is 42.2 Å². The number of allylic oxidation sites excluding steroid dienone is 1. The van der Waals surface area contributed by atoms with E-state index in [9.17, 15) is 0 Å². The first-order valence-electron chi connectivity index (χ1n) is 9.09. The second kappa shape index (κ2) is 10.8. The fraction of sp³-hybridized carbons (Fsp3) is 0.526. The van der Waals surface area contributed by atoms with Crippen LogP contribution < -0.4 is 5.32 Å². The highest BCUT2D eigenvalue weighted by molar-refractivity contribution is 7.09. The van der Waals surface area contributed by atoms with Crippen LogP contribution in [0.25, 0.3) is 0 Å². The minimum atomic E-state index is 0.519. The number of hydrogen-bond acceptors (Lipinski definition) is 4. The quantitative estimate of drug-likeness (QED) is 0.299. The van der Waals surface area contributed by atoms with Crippen LogP contribution in [0.15, 0.2) is 35.2 Å². The molecule has 0 radical (unpaired) electrons. The molecule has 0 saturated carbocycles. The number of unbranched alkanes of at least 4 members (excludes halogenated alkanes) is 3. The van der Waals surface area contributed by atoms with Gasteiger partial charge in [0.15, 0.2) is 11.8 Å². The Morgan fingerprint density at radius 2 is 2.23 bits per heavy atom. The van der Waals surface area contributed by atoms with Crippen molar-refractivity contribution in [1.29, 1.82) is 0 Å². The fourth-order valence-corrected chi connectivity index (χ4v) is 3.19. The molecule has 1 N–H and O–H groups in total. The van der Waals surface area contributed by atoms with E-state index in [1.165, 1.54) is 17.7 Å². The van der Waals surface area contributed by atoms with Crippen LogP contribution in [0.4, 0.5) is 0 Å². The van der Waals surface area contributed by atoms with Crippen LogP contribution in [-0.2, 0) is 20.1 Å². The number of aryl methyl sites for hydroxylation is 1. The average Bonchev–Trinajstić information content (AvgIpc) is 3.26. The first-order chi connectivity index (χ1) is 12.6. The lowest BCUT2D eigenvalue weighted by Crippen LogP contribution is -2.39. The number of aliphatic imine (C=N–C) groups is 1. The van der Waals surface area contributed by atoms with Gasteiger partial charge in [0.25, 0.3) is 0 Å². The molecule has 2 aromatic heterocycles. The van der Waals surface area contributed by atoms with E-state index in [0.29, 0.717) is 6.54 Å². The van der Waals surface area contributed by atoms with Crippen LogP contribution >= 0.6 is 11.3 Å². The fourth-order valence-electron chi connectivity index (χ4n) is 2.55. The molecular formula is C19H30N6S. The zero-order valence-electron chi connectivity index (χ0n) is 16.1. The third kappa shape index (κ3) is 6.29. The molecule has 0 unspecified atom stereocenters. The van der Waals surface area contributed by atoms with Gasteiger partial charge >= 0.3 is 0 Å². The van der Waals surface area contributed by atoms with Crippen molar-refractivity contribution in [3.63, 3.8) is 0 Å². The molecule has 0 fully saturated rings. The minimum absolute atomic E-state index is 0.519. The van der Waals surface area contributed by atoms with Crippen LogP contribution in [0.5, 0.6) is 0 Å². The molecule has 0 atom stereocenters. The second-order valence-corrected chi connectivity index (χ2v) is 7.39. The van der Waals surface area contributed by atoms with Gasteiger partial charge in [0, 0.05) is 25.5 Å². The number of thiophene rings is 1. The van der Waals surface area contributed by atoms with Crippen molar-refractivity contribution in [2.45, 2.75) is 45.7 Å². The van der Waals surface area contributed by atoms with Crippen molar-refractivity contribution >= 4 is 17.3 Å². The zero-order valence-corrected chi connectivity index (χ0v) is 16.9. The molecule has 0 aliphatic carbocycles. The molecule has 7 heteroatoms. The summed E-state index contributed by atoms with van der Waals surface area (Å²) in [5, 5.41) is 13.9. The van der Waals surface area contributed by atoms with E-state index in [2.05, 4.69) is 51.6 Å². The van der Waals surface area contributed by atoms with Gasteiger partial charge in [0.2, 0.25) is 0 Å². The first kappa shape index (κ1) is 20.2. The van der Waals surface area contributed by atoms with E-state index < -0.39 is 0 Å². The Bertz CT molecular complexity index is 689. The number of hydrogen-bond donors (Lipinski definition) is 1. The van der Waals surface area contributed by atoms with E-state index in [1.54, 1.807) is 11.3 Å². The molecule has 0 aromatic carbocycles. The van der Waals surface area contributed by atoms with Crippen molar-refractivity contribution in [3.05, 3.63) is 46.7 Å². The maximum atomic E-state index is 4.78. The molecule has 2 aromatic rings. The number of aromatic nitrogens is 3. The molecule has 0 aliphatic rings. The maximum absolute atomic E-state index is 4.78. The minimum Gasteiger partial charge on any atom is -0.351 e. The summed E-state index contributed by atoms with van der Waals surface area (Å²) in [6.45, 7) is 8.01. The molecule has 0 bridgehead atoms. The van der Waals surface area contributed by atoms with Crippen LogP contribution in [0.3, 0.4) is 0 Å². The van der Waals surface area contributed by atoms with Gasteiger partial charge in [-0.2, -0.15) is 0 Å². The maximum Gasteiger partial charge on any atom is 0.194 e. The molecule has 2 rings (SSSR count). The van der Waals surface area contributed by atoms with Gasteiger partial charge < -0.3 is 14.8 Å². The average molecular weight is 375 g/mol. The summed E-state index contributed by atoms with van der Waals surface area (Å²) in [5.41, 5.74) is 0. The Balaban J connectivity index is 1.96. The van der Waals surface area contributed by atoms with E-state index in [0.717, 1.165) is 43.5 Å². The largest absolute Gasteiger partial charge is 0.351 e. The number of nitrogens with one attached hydrogen (secondary N) is 1. The van der Waals surface area contributed by atoms with Crippen molar-refractivity contribution < 1.29 is 0 Å². The highest BCUT2D eigenvalue weighted by Crippen LogP contribution is 2.08. The molecule has 26 heavy (non-hydrogen) atoms. The van der Waals surface area contributed by atoms with E-state index in [1.807, 2.05) is 24.6 Å². The van der Waals surface area contributed by atoms with Gasteiger partial charge in [-0.25, -0.2) is 4.99 Å². The molecule has 6 nitrogen and oxygen atoms in total. The Morgan fingerprint density at radius 1 is 1.38 bits per heavy atom. The van der Waals surface area contributed by atoms with Gasteiger partial charge in [-0.05, 0) is 37.6 Å². The van der Waals surface area contributed by atoms with Crippen LogP contribution in [0, 0.1) is 6.92 Å². The van der Waals surface area contributed by atoms with Crippen molar-refractivity contribution in [2.75, 3.05) is 13.6 Å². The Morgan fingerprint density at radius 3 is 2.88 bits per heavy atom. The molecular weight excluding hydrogens is 344 g/mol. The normalized spacial score (nSPS) is 11.6. The van der Waals surface area contributed by atoms with Gasteiger partial charge in [-0.1, -0.05) is 18.6 Å². The Labute approximate surface area is 160 Å². The predicted octanol–water partition coefficient (Wildman–Crippen LogP) is 3.51. The monoisotopic (exact) mass is 374 g/mol. The van der Waals surface area contributed by atoms with Gasteiger partial charge in [-0.15, -0.1) is 28.1 Å². The predicted molar refractivity (Wildman–Crippen MR) is 109 cm³/mol. The first-order valence-corrected chi connectivity index (χ1v) is 9.97. The smallest absolute Gasteiger partial charge is 0.194 e. The summed E-state index contributed by atoms with van der Waals surface area (Å²) in [5.74, 6) is 2.68. The molecule has 142 valence electrons. The zero-order chi connectivity index (χ0) is 18.8. The number of nitrogens with zero attached hydrogens (tertiary/aromatic N) is 5. The third-order valence-corrected chi connectivity index (χ3v) is 5.19. The number of guanidine groups is 1. The lowest BCUT2D eigenvalue weighted by atomic mass is 10.2. The summed E-state index contributed by atoms with van der Waals surface area (Å²) >= 11 is 1.75. The van der Waals surface area contributed by atoms with Crippen molar-refractivity contribution in [2.24, 2.45) is 12.0 Å². The molecule has 0 spiro atoms. The summed E-state index contributed by atoms with van der Waals surface area (Å²) in [7, 11) is 4.07. The summed E-state index contributed by atoms with van der Waals surface area (Å²) in [4.78, 5) is 8.28. The van der Waals surface area contributed by atoms with E-state index >= 15 is 0 Å². The second-order valence-electron chi connectivity index (χ2n) is 6.35. The topological polar surface area (TPSA) is 58.3 Å². The van der Waals surface area contributed by atoms with Gasteiger partial charge in [0.1, 0.15) is 12.4 Å². The Hall–Kier alpha value is -2.15. The third-order valence-electron chi connectivity index (χ3n) is 4.32. The SMILES string of the molecule is C=CCCCCCN(C)C(=NCc1nnc(C)n1C)NCc1cccs1. The number of rotatable bonds is 10. The molecule has 2 heterocycles. The summed E-state index contributed by atoms with van der Waals surface area (Å²) < 4.78 is 1.98. The standard InChI is InChI=1S/C19H30N6S/c1-5-6-7-8-9-12-24(3)19(20-14-17-11-10-13-26-17)21-15-18-23-22-16(2)25(18)4/h5,10-11,13H,1,6-9,12,14-15H2,2-4H3,(H,20,21). The van der Waals surface area contributed by atoms with Crippen LogP contribution in [0.2, 0.25) is 0 Å². The highest BCUT2D eigenvalue weighted by Gasteiger charge is 2.09.